The third kappa shape index (κ3) is 3.10. The SMILES string of the molecule is CCCCNS(=O)(=O)C(F)(F)C(F)(F)S(=O)(=O)O. The van der Waals surface area contributed by atoms with Gasteiger partial charge in [0.15, 0.2) is 0 Å². The molecule has 0 radical (unpaired) electrons. The van der Waals surface area contributed by atoms with Crippen LogP contribution >= 0.6 is 0 Å². The number of nitrogens with one attached hydrogen (secondary N) is 1. The molecule has 0 aliphatic heterocycles. The van der Waals surface area contributed by atoms with Gasteiger partial charge in [0.25, 0.3) is 10.0 Å². The van der Waals surface area contributed by atoms with Crippen molar-refractivity contribution in [1.82, 2.24) is 4.72 Å². The molecule has 18 heavy (non-hydrogen) atoms. The van der Waals surface area contributed by atoms with Crippen molar-refractivity contribution in [3.05, 3.63) is 0 Å². The van der Waals surface area contributed by atoms with Gasteiger partial charge < -0.3 is 0 Å². The first-order valence-electron chi connectivity index (χ1n) is 4.53. The van der Waals surface area contributed by atoms with Gasteiger partial charge in [-0.3, -0.25) is 4.55 Å². The number of hydrogen-bond donors (Lipinski definition) is 2. The van der Waals surface area contributed by atoms with Crippen LogP contribution in [-0.2, 0) is 20.1 Å². The van der Waals surface area contributed by atoms with Crippen LogP contribution < -0.4 is 4.72 Å². The Bertz CT molecular complexity index is 486. The molecule has 0 unspecified atom stereocenters. The highest BCUT2D eigenvalue weighted by Gasteiger charge is 2.73. The fourth-order valence-corrected chi connectivity index (χ4v) is 2.63. The molecular weight excluding hydrogens is 306 g/mol. The molecule has 0 aliphatic carbocycles. The first-order chi connectivity index (χ1) is 7.81. The van der Waals surface area contributed by atoms with E-state index < -0.39 is 37.2 Å². The molecule has 12 heteroatoms. The monoisotopic (exact) mass is 317 g/mol. The summed E-state index contributed by atoms with van der Waals surface area (Å²) in [7, 11) is -12.5. The Balaban J connectivity index is 5.39. The molecule has 110 valence electrons. The smallest absolute Gasteiger partial charge is 0.281 e. The topological polar surface area (TPSA) is 101 Å². The first-order valence-corrected chi connectivity index (χ1v) is 7.45. The zero-order chi connectivity index (χ0) is 14.8. The minimum atomic E-state index is -6.58. The second kappa shape index (κ2) is 5.27. The third-order valence-corrected chi connectivity index (χ3v) is 4.37. The van der Waals surface area contributed by atoms with Crippen LogP contribution in [0.25, 0.3) is 0 Å². The van der Waals surface area contributed by atoms with Gasteiger partial charge in [0.1, 0.15) is 0 Å². The first kappa shape index (κ1) is 17.5. The van der Waals surface area contributed by atoms with Gasteiger partial charge in [0.2, 0.25) is 0 Å². The molecule has 0 saturated heterocycles. The molecule has 0 spiro atoms. The van der Waals surface area contributed by atoms with Gasteiger partial charge in [-0.1, -0.05) is 13.3 Å². The summed E-state index contributed by atoms with van der Waals surface area (Å²) in [4.78, 5) is 0. The van der Waals surface area contributed by atoms with Gasteiger partial charge in [-0.15, -0.1) is 0 Å². The average Bonchev–Trinajstić information content (AvgIpc) is 2.15. The van der Waals surface area contributed by atoms with E-state index >= 15 is 0 Å². The van der Waals surface area contributed by atoms with E-state index in [0.29, 0.717) is 6.42 Å². The lowest BCUT2D eigenvalue weighted by molar-refractivity contribution is -0.102. The van der Waals surface area contributed by atoms with Gasteiger partial charge in [-0.25, -0.2) is 13.1 Å². The summed E-state index contributed by atoms with van der Waals surface area (Å²) in [6.07, 6.45) is 0.482. The summed E-state index contributed by atoms with van der Waals surface area (Å²) in [5.74, 6) is 0. The maximum Gasteiger partial charge on any atom is 0.448 e. The summed E-state index contributed by atoms with van der Waals surface area (Å²) in [6, 6.07) is 0. The van der Waals surface area contributed by atoms with Gasteiger partial charge in [0.05, 0.1) is 0 Å². The van der Waals surface area contributed by atoms with Crippen LogP contribution in [0.4, 0.5) is 17.6 Å². The van der Waals surface area contributed by atoms with E-state index in [4.69, 9.17) is 4.55 Å². The van der Waals surface area contributed by atoms with Crippen molar-refractivity contribution in [3.8, 4) is 0 Å². The molecular formula is C6H11F4NO5S2. The Hall–Kier alpha value is -0.460. The Labute approximate surface area is 101 Å². The quantitative estimate of drug-likeness (QED) is 0.410. The maximum absolute atomic E-state index is 13.0. The van der Waals surface area contributed by atoms with Crippen molar-refractivity contribution >= 4 is 20.1 Å². The normalized spacial score (nSPS) is 14.8. The van der Waals surface area contributed by atoms with Crippen LogP contribution in [0.5, 0.6) is 0 Å². The van der Waals surface area contributed by atoms with Crippen molar-refractivity contribution in [2.45, 2.75) is 30.3 Å². The number of unbranched alkanes of at least 4 members (excludes halogenated alkanes) is 1. The summed E-state index contributed by atoms with van der Waals surface area (Å²) in [5.41, 5.74) is 0. The second-order valence-corrected chi connectivity index (χ2v) is 6.53. The summed E-state index contributed by atoms with van der Waals surface area (Å²) >= 11 is 0. The Morgan fingerprint density at radius 2 is 1.50 bits per heavy atom. The summed E-state index contributed by atoms with van der Waals surface area (Å²) in [6.45, 7) is 1.02. The molecule has 0 aliphatic rings. The Morgan fingerprint density at radius 1 is 1.06 bits per heavy atom. The molecule has 0 aromatic carbocycles. The number of alkyl halides is 4. The van der Waals surface area contributed by atoms with Gasteiger partial charge in [-0.2, -0.15) is 26.0 Å². The lowest BCUT2D eigenvalue weighted by Crippen LogP contribution is -2.55. The van der Waals surface area contributed by atoms with E-state index in [1.165, 1.54) is 0 Å². The van der Waals surface area contributed by atoms with Crippen molar-refractivity contribution < 1.29 is 39.0 Å². The predicted octanol–water partition coefficient (Wildman–Crippen LogP) is 0.779. The lowest BCUT2D eigenvalue weighted by atomic mass is 10.3. The molecule has 0 atom stereocenters. The number of halogens is 4. The van der Waals surface area contributed by atoms with Crippen LogP contribution in [-0.4, -0.2) is 38.4 Å². The molecule has 0 amide bonds. The zero-order valence-electron chi connectivity index (χ0n) is 9.03. The number of sulfonamides is 1. The molecule has 0 aromatic rings. The summed E-state index contributed by atoms with van der Waals surface area (Å²) < 4.78 is 102. The van der Waals surface area contributed by atoms with E-state index in [9.17, 15) is 34.4 Å². The van der Waals surface area contributed by atoms with Crippen LogP contribution in [0.3, 0.4) is 0 Å². The molecule has 0 rings (SSSR count). The summed E-state index contributed by atoms with van der Waals surface area (Å²) in [5, 5.41) is -12.1. The van der Waals surface area contributed by atoms with E-state index in [0.717, 1.165) is 4.72 Å². The number of hydrogen-bond acceptors (Lipinski definition) is 4. The standard InChI is InChI=1S/C6H11F4NO5S2/c1-2-3-4-11-17(12,13)5(7,8)6(9,10)18(14,15)16/h11H,2-4H2,1H3,(H,14,15,16). The van der Waals surface area contributed by atoms with Gasteiger partial charge in [0, 0.05) is 6.54 Å². The van der Waals surface area contributed by atoms with Crippen molar-refractivity contribution in [2.24, 2.45) is 0 Å². The van der Waals surface area contributed by atoms with Crippen molar-refractivity contribution in [2.75, 3.05) is 6.54 Å². The van der Waals surface area contributed by atoms with E-state index in [1.807, 2.05) is 0 Å². The lowest BCUT2D eigenvalue weighted by Gasteiger charge is -2.23. The molecule has 0 heterocycles. The second-order valence-electron chi connectivity index (χ2n) is 3.26. The van der Waals surface area contributed by atoms with Crippen molar-refractivity contribution in [3.63, 3.8) is 0 Å². The fourth-order valence-electron chi connectivity index (χ4n) is 0.781. The minimum absolute atomic E-state index is 0.0900. The predicted molar refractivity (Wildman–Crippen MR) is 53.3 cm³/mol. The fraction of sp³-hybridized carbons (Fsp3) is 1.00. The Morgan fingerprint density at radius 3 is 1.83 bits per heavy atom. The van der Waals surface area contributed by atoms with Crippen LogP contribution in [0.15, 0.2) is 0 Å². The van der Waals surface area contributed by atoms with Gasteiger partial charge in [-0.05, 0) is 6.42 Å². The molecule has 0 fully saturated rings. The van der Waals surface area contributed by atoms with Crippen LogP contribution in [0.1, 0.15) is 19.8 Å². The number of rotatable bonds is 7. The molecule has 0 bridgehead atoms. The molecule has 2 N–H and O–H groups in total. The molecule has 6 nitrogen and oxygen atoms in total. The average molecular weight is 317 g/mol. The maximum atomic E-state index is 13.0. The van der Waals surface area contributed by atoms with Gasteiger partial charge >= 0.3 is 20.6 Å². The van der Waals surface area contributed by atoms with E-state index in [2.05, 4.69) is 0 Å². The highest BCUT2D eigenvalue weighted by atomic mass is 32.2. The van der Waals surface area contributed by atoms with E-state index in [1.54, 1.807) is 6.92 Å². The van der Waals surface area contributed by atoms with Crippen LogP contribution in [0.2, 0.25) is 0 Å². The largest absolute Gasteiger partial charge is 0.448 e. The highest BCUT2D eigenvalue weighted by molar-refractivity contribution is 7.93. The minimum Gasteiger partial charge on any atom is -0.281 e. The van der Waals surface area contributed by atoms with E-state index in [-0.39, 0.29) is 6.42 Å². The Kier molecular flexibility index (Phi) is 5.13. The third-order valence-electron chi connectivity index (χ3n) is 1.82. The van der Waals surface area contributed by atoms with Crippen LogP contribution in [0, 0.1) is 0 Å². The molecule has 0 aromatic heterocycles. The zero-order valence-corrected chi connectivity index (χ0v) is 10.7. The highest BCUT2D eigenvalue weighted by Crippen LogP contribution is 2.41. The van der Waals surface area contributed by atoms with Crippen molar-refractivity contribution in [1.29, 1.82) is 0 Å². The molecule has 0 saturated carbocycles.